The lowest BCUT2D eigenvalue weighted by atomic mass is 9.77. The van der Waals surface area contributed by atoms with Crippen molar-refractivity contribution in [3.63, 3.8) is 0 Å². The Morgan fingerprint density at radius 2 is 1.77 bits per heavy atom. The fourth-order valence-corrected chi connectivity index (χ4v) is 3.99. The molecule has 2 aliphatic rings. The highest BCUT2D eigenvalue weighted by molar-refractivity contribution is 5.97. The molecule has 0 radical (unpaired) electrons. The van der Waals surface area contributed by atoms with Gasteiger partial charge in [-0.25, -0.2) is 4.79 Å². The fraction of sp³-hybridized carbons (Fsp3) is 0.0909. The SMILES string of the molecule is CC(=O)NNc1c(O)ccc2c1Oc1cc(O)ccc1C21OC(=O)c2ccccc21. The maximum Gasteiger partial charge on any atom is 0.340 e. The Labute approximate surface area is 170 Å². The number of phenols is 2. The van der Waals surface area contributed by atoms with Crippen molar-refractivity contribution in [3.05, 3.63) is 76.9 Å². The molecule has 4 N–H and O–H groups in total. The number of amides is 1. The largest absolute Gasteiger partial charge is 0.508 e. The number of nitrogens with one attached hydrogen (secondary N) is 2. The van der Waals surface area contributed by atoms with Crippen molar-refractivity contribution in [1.29, 1.82) is 0 Å². The lowest BCUT2D eigenvalue weighted by molar-refractivity contribution is -0.118. The lowest BCUT2D eigenvalue weighted by Gasteiger charge is -2.37. The molecule has 150 valence electrons. The van der Waals surface area contributed by atoms with Crippen molar-refractivity contribution < 1.29 is 29.3 Å². The van der Waals surface area contributed by atoms with Crippen molar-refractivity contribution in [2.45, 2.75) is 12.5 Å². The topological polar surface area (TPSA) is 117 Å². The van der Waals surface area contributed by atoms with Gasteiger partial charge in [0.15, 0.2) is 11.4 Å². The molecule has 0 aromatic heterocycles. The zero-order valence-electron chi connectivity index (χ0n) is 15.7. The number of phenolic OH excluding ortho intramolecular Hbond substituents is 2. The van der Waals surface area contributed by atoms with Crippen molar-refractivity contribution in [3.8, 4) is 23.0 Å². The molecule has 0 aliphatic carbocycles. The molecule has 30 heavy (non-hydrogen) atoms. The third kappa shape index (κ3) is 2.33. The van der Waals surface area contributed by atoms with Crippen LogP contribution in [0.5, 0.6) is 23.0 Å². The van der Waals surface area contributed by atoms with Crippen LogP contribution in [0.4, 0.5) is 5.69 Å². The molecule has 0 fully saturated rings. The number of carbonyl (C=O) groups excluding carboxylic acids is 2. The van der Waals surface area contributed by atoms with Crippen molar-refractivity contribution >= 4 is 17.6 Å². The van der Waals surface area contributed by atoms with E-state index in [4.69, 9.17) is 9.47 Å². The van der Waals surface area contributed by atoms with Gasteiger partial charge in [-0.3, -0.25) is 15.6 Å². The first-order valence-electron chi connectivity index (χ1n) is 9.15. The molecule has 5 rings (SSSR count). The Kier molecular flexibility index (Phi) is 3.66. The van der Waals surface area contributed by atoms with Gasteiger partial charge in [0.05, 0.1) is 11.1 Å². The molecule has 1 atom stereocenters. The molecular formula is C22H16N2O6. The summed E-state index contributed by atoms with van der Waals surface area (Å²) in [6.45, 7) is 1.31. The molecule has 1 spiro atoms. The second kappa shape index (κ2) is 6.15. The van der Waals surface area contributed by atoms with Gasteiger partial charge < -0.3 is 19.7 Å². The van der Waals surface area contributed by atoms with E-state index in [0.29, 0.717) is 22.3 Å². The average Bonchev–Trinajstić information content (AvgIpc) is 3.00. The van der Waals surface area contributed by atoms with E-state index in [1.54, 1.807) is 36.4 Å². The molecule has 0 saturated heterocycles. The number of rotatable bonds is 2. The van der Waals surface area contributed by atoms with Crippen LogP contribution in [0, 0.1) is 0 Å². The van der Waals surface area contributed by atoms with Gasteiger partial charge in [-0.1, -0.05) is 18.2 Å². The molecule has 8 nitrogen and oxygen atoms in total. The monoisotopic (exact) mass is 404 g/mol. The zero-order chi connectivity index (χ0) is 21.0. The predicted molar refractivity (Wildman–Crippen MR) is 105 cm³/mol. The van der Waals surface area contributed by atoms with Gasteiger partial charge in [0, 0.05) is 24.1 Å². The number of anilines is 1. The molecule has 1 amide bonds. The second-order valence-electron chi connectivity index (χ2n) is 7.04. The van der Waals surface area contributed by atoms with Crippen molar-refractivity contribution in [2.24, 2.45) is 0 Å². The molecule has 1 unspecified atom stereocenters. The van der Waals surface area contributed by atoms with Crippen LogP contribution >= 0.6 is 0 Å². The Bertz CT molecular complexity index is 1240. The van der Waals surface area contributed by atoms with Crippen LogP contribution in [-0.4, -0.2) is 22.1 Å². The number of esters is 1. The quantitative estimate of drug-likeness (QED) is 0.294. The number of carbonyl (C=O) groups is 2. The Hall–Kier alpha value is -4.20. The summed E-state index contributed by atoms with van der Waals surface area (Å²) in [7, 11) is 0. The summed E-state index contributed by atoms with van der Waals surface area (Å²) in [4.78, 5) is 24.2. The van der Waals surface area contributed by atoms with Crippen LogP contribution in [-0.2, 0) is 15.1 Å². The first-order chi connectivity index (χ1) is 14.4. The van der Waals surface area contributed by atoms with Gasteiger partial charge in [0.25, 0.3) is 0 Å². The number of fused-ring (bicyclic) bond motifs is 6. The summed E-state index contributed by atoms with van der Waals surface area (Å²) in [6.07, 6.45) is 0. The van der Waals surface area contributed by atoms with E-state index in [1.807, 2.05) is 0 Å². The van der Waals surface area contributed by atoms with Crippen molar-refractivity contribution in [1.82, 2.24) is 5.43 Å². The molecule has 8 heteroatoms. The summed E-state index contributed by atoms with van der Waals surface area (Å²) >= 11 is 0. The number of aromatic hydroxyl groups is 2. The van der Waals surface area contributed by atoms with E-state index in [-0.39, 0.29) is 34.6 Å². The summed E-state index contributed by atoms with van der Waals surface area (Å²) in [6, 6.07) is 14.6. The maximum absolute atomic E-state index is 12.8. The lowest BCUT2D eigenvalue weighted by Crippen LogP contribution is -2.34. The van der Waals surface area contributed by atoms with Crippen LogP contribution in [0.2, 0.25) is 0 Å². The predicted octanol–water partition coefficient (Wildman–Crippen LogP) is 3.13. The van der Waals surface area contributed by atoms with Gasteiger partial charge in [-0.05, 0) is 30.3 Å². The molecule has 3 aromatic carbocycles. The van der Waals surface area contributed by atoms with Crippen LogP contribution in [0.25, 0.3) is 0 Å². The number of hydrogen-bond acceptors (Lipinski definition) is 7. The summed E-state index contributed by atoms with van der Waals surface area (Å²) < 4.78 is 12.0. The molecule has 0 saturated carbocycles. The number of hydrazine groups is 1. The van der Waals surface area contributed by atoms with E-state index in [2.05, 4.69) is 10.9 Å². The van der Waals surface area contributed by atoms with Crippen molar-refractivity contribution in [2.75, 3.05) is 5.43 Å². The van der Waals surface area contributed by atoms with Crippen LogP contribution < -0.4 is 15.6 Å². The van der Waals surface area contributed by atoms with Gasteiger partial charge in [0.1, 0.15) is 22.9 Å². The number of hydrogen-bond donors (Lipinski definition) is 4. The minimum absolute atomic E-state index is 0.0403. The highest BCUT2D eigenvalue weighted by atomic mass is 16.6. The number of benzene rings is 3. The first kappa shape index (κ1) is 17.9. The highest BCUT2D eigenvalue weighted by Gasteiger charge is 2.54. The Balaban J connectivity index is 1.83. The Morgan fingerprint density at radius 3 is 2.57 bits per heavy atom. The van der Waals surface area contributed by atoms with Gasteiger partial charge >= 0.3 is 5.97 Å². The molecule has 2 aliphatic heterocycles. The van der Waals surface area contributed by atoms with E-state index in [1.165, 1.54) is 25.1 Å². The summed E-state index contributed by atoms with van der Waals surface area (Å²) in [5, 5.41) is 20.4. The van der Waals surface area contributed by atoms with Crippen LogP contribution in [0.3, 0.4) is 0 Å². The summed E-state index contributed by atoms with van der Waals surface area (Å²) in [5.74, 6) is -0.690. The normalized spacial score (nSPS) is 18.0. The third-order valence-corrected chi connectivity index (χ3v) is 5.21. The standard InChI is InChI=1S/C22H16N2O6/c1-11(25)23-24-19-17(27)9-8-16-20(19)29-18-10-12(26)6-7-15(18)22(16)14-5-3-2-4-13(14)21(28)30-22/h2-10,24,26-27H,1H3,(H,23,25). The van der Waals surface area contributed by atoms with Crippen LogP contribution in [0.1, 0.15) is 34.0 Å². The molecule has 3 aromatic rings. The molecule has 2 heterocycles. The highest BCUT2D eigenvalue weighted by Crippen LogP contribution is 2.59. The number of ether oxygens (including phenoxy) is 2. The minimum atomic E-state index is -1.34. The van der Waals surface area contributed by atoms with Gasteiger partial charge in [-0.2, -0.15) is 0 Å². The average molecular weight is 404 g/mol. The minimum Gasteiger partial charge on any atom is -0.508 e. The second-order valence-corrected chi connectivity index (χ2v) is 7.04. The van der Waals surface area contributed by atoms with Gasteiger partial charge in [0.2, 0.25) is 5.91 Å². The first-order valence-corrected chi connectivity index (χ1v) is 9.15. The smallest absolute Gasteiger partial charge is 0.340 e. The van der Waals surface area contributed by atoms with E-state index in [0.717, 1.165) is 0 Å². The van der Waals surface area contributed by atoms with E-state index >= 15 is 0 Å². The van der Waals surface area contributed by atoms with Gasteiger partial charge in [-0.15, -0.1) is 0 Å². The zero-order valence-corrected chi connectivity index (χ0v) is 15.7. The summed E-state index contributed by atoms with van der Waals surface area (Å²) in [5.41, 5.74) is 5.83. The Morgan fingerprint density at radius 1 is 1.00 bits per heavy atom. The third-order valence-electron chi connectivity index (χ3n) is 5.21. The molecule has 0 bridgehead atoms. The fourth-order valence-electron chi connectivity index (χ4n) is 3.99. The van der Waals surface area contributed by atoms with E-state index in [9.17, 15) is 19.8 Å². The maximum atomic E-state index is 12.8. The van der Waals surface area contributed by atoms with E-state index < -0.39 is 11.6 Å². The molecular weight excluding hydrogens is 388 g/mol. The van der Waals surface area contributed by atoms with Crippen LogP contribution in [0.15, 0.2) is 54.6 Å².